The van der Waals surface area contributed by atoms with Crippen LogP contribution in [0.4, 0.5) is 0 Å². The predicted octanol–water partition coefficient (Wildman–Crippen LogP) is 4.39. The van der Waals surface area contributed by atoms with E-state index in [1.807, 2.05) is 12.1 Å². The van der Waals surface area contributed by atoms with E-state index < -0.39 is 0 Å². The first kappa shape index (κ1) is 15.8. The van der Waals surface area contributed by atoms with Crippen LogP contribution in [0.3, 0.4) is 0 Å². The molecule has 0 saturated heterocycles. The number of fused-ring (bicyclic) bond motifs is 3. The lowest BCUT2D eigenvalue weighted by Gasteiger charge is -2.09. The van der Waals surface area contributed by atoms with Crippen LogP contribution in [-0.4, -0.2) is 14.1 Å². The minimum atomic E-state index is 0.935. The van der Waals surface area contributed by atoms with E-state index in [1.165, 1.54) is 16.7 Å². The highest BCUT2D eigenvalue weighted by Gasteiger charge is 2.25. The van der Waals surface area contributed by atoms with Crippen molar-refractivity contribution in [1.82, 2.24) is 14.1 Å². The SMILES string of the molecule is Cc1ccc(-c2ccccc2)cc1-n1c2nc3ccccc3n2c(C)[n+]1C. The Morgan fingerprint density at radius 3 is 2.37 bits per heavy atom. The number of rotatable bonds is 2. The molecule has 0 aliphatic rings. The van der Waals surface area contributed by atoms with E-state index in [4.69, 9.17) is 4.98 Å². The van der Waals surface area contributed by atoms with Gasteiger partial charge in [-0.3, -0.25) is 0 Å². The number of hydrogen-bond acceptors (Lipinski definition) is 1. The minimum absolute atomic E-state index is 0.935. The largest absolute Gasteiger partial charge is 0.344 e. The van der Waals surface area contributed by atoms with Crippen LogP contribution < -0.4 is 4.68 Å². The second kappa shape index (κ2) is 5.81. The normalized spacial score (nSPS) is 11.5. The molecule has 0 aliphatic heterocycles. The van der Waals surface area contributed by atoms with E-state index >= 15 is 0 Å². The molecule has 0 amide bonds. The van der Waals surface area contributed by atoms with E-state index in [2.05, 4.69) is 95.3 Å². The van der Waals surface area contributed by atoms with Crippen LogP contribution in [0.15, 0.2) is 72.8 Å². The van der Waals surface area contributed by atoms with Gasteiger partial charge in [0, 0.05) is 6.92 Å². The van der Waals surface area contributed by atoms with E-state index in [-0.39, 0.29) is 0 Å². The fourth-order valence-corrected chi connectivity index (χ4v) is 3.82. The third kappa shape index (κ3) is 2.30. The topological polar surface area (TPSA) is 26.1 Å². The van der Waals surface area contributed by atoms with Gasteiger partial charge in [0.1, 0.15) is 12.6 Å². The lowest BCUT2D eigenvalue weighted by atomic mass is 10.0. The van der Waals surface area contributed by atoms with Gasteiger partial charge in [-0.25, -0.2) is 0 Å². The average molecular weight is 353 g/mol. The lowest BCUT2D eigenvalue weighted by Crippen LogP contribution is -2.40. The molecule has 0 saturated carbocycles. The summed E-state index contributed by atoms with van der Waals surface area (Å²) in [6.07, 6.45) is 0. The van der Waals surface area contributed by atoms with Crippen molar-refractivity contribution in [2.24, 2.45) is 7.05 Å². The molecule has 27 heavy (non-hydrogen) atoms. The van der Waals surface area contributed by atoms with E-state index in [1.54, 1.807) is 0 Å². The number of hydrogen-bond donors (Lipinski definition) is 0. The Bertz CT molecular complexity index is 1290. The lowest BCUT2D eigenvalue weighted by molar-refractivity contribution is -0.749. The first-order valence-electron chi connectivity index (χ1n) is 9.16. The Morgan fingerprint density at radius 2 is 1.56 bits per heavy atom. The van der Waals surface area contributed by atoms with Crippen LogP contribution >= 0.6 is 0 Å². The van der Waals surface area contributed by atoms with Crippen LogP contribution in [0, 0.1) is 13.8 Å². The average Bonchev–Trinajstić information content (AvgIpc) is 3.18. The summed E-state index contributed by atoms with van der Waals surface area (Å²) in [6, 6.07) is 25.4. The molecule has 4 heteroatoms. The number of para-hydroxylation sites is 2. The summed E-state index contributed by atoms with van der Waals surface area (Å²) in [5.74, 6) is 2.08. The zero-order valence-electron chi connectivity index (χ0n) is 15.7. The van der Waals surface area contributed by atoms with Crippen molar-refractivity contribution in [2.45, 2.75) is 13.8 Å². The fraction of sp³-hybridized carbons (Fsp3) is 0.130. The van der Waals surface area contributed by atoms with Crippen LogP contribution in [-0.2, 0) is 7.05 Å². The van der Waals surface area contributed by atoms with Gasteiger partial charge in [-0.15, -0.1) is 4.68 Å². The molecule has 132 valence electrons. The molecule has 0 bridgehead atoms. The Balaban J connectivity index is 1.83. The second-order valence-electron chi connectivity index (χ2n) is 6.99. The van der Waals surface area contributed by atoms with Crippen molar-refractivity contribution in [3.63, 3.8) is 0 Å². The van der Waals surface area contributed by atoms with Crippen molar-refractivity contribution >= 4 is 16.8 Å². The minimum Gasteiger partial charge on any atom is -0.185 e. The summed E-state index contributed by atoms with van der Waals surface area (Å²) in [7, 11) is 2.09. The number of benzene rings is 3. The molecule has 0 unspecified atom stereocenters. The maximum atomic E-state index is 4.92. The Morgan fingerprint density at radius 1 is 0.815 bits per heavy atom. The highest BCUT2D eigenvalue weighted by atomic mass is 15.5. The van der Waals surface area contributed by atoms with E-state index in [0.29, 0.717) is 0 Å². The van der Waals surface area contributed by atoms with Gasteiger partial charge in [-0.1, -0.05) is 54.6 Å². The number of imidazole rings is 1. The first-order valence-corrected chi connectivity index (χ1v) is 9.16. The fourth-order valence-electron chi connectivity index (χ4n) is 3.82. The van der Waals surface area contributed by atoms with Crippen LogP contribution in [0.5, 0.6) is 0 Å². The summed E-state index contributed by atoms with van der Waals surface area (Å²) in [4.78, 5) is 4.92. The zero-order chi connectivity index (χ0) is 18.5. The van der Waals surface area contributed by atoms with Gasteiger partial charge in [0.05, 0.1) is 5.69 Å². The molecular formula is C23H21N4+. The maximum absolute atomic E-state index is 4.92. The second-order valence-corrected chi connectivity index (χ2v) is 6.99. The van der Waals surface area contributed by atoms with Gasteiger partial charge in [0.2, 0.25) is 0 Å². The number of aromatic nitrogens is 4. The third-order valence-electron chi connectivity index (χ3n) is 5.37. The quantitative estimate of drug-likeness (QED) is 0.432. The molecule has 0 aliphatic carbocycles. The van der Waals surface area contributed by atoms with Crippen LogP contribution in [0.2, 0.25) is 0 Å². The molecular weight excluding hydrogens is 332 g/mol. The molecule has 2 heterocycles. The summed E-state index contributed by atoms with van der Waals surface area (Å²) < 4.78 is 6.60. The van der Waals surface area contributed by atoms with Crippen molar-refractivity contribution in [1.29, 1.82) is 0 Å². The van der Waals surface area contributed by atoms with Gasteiger partial charge in [-0.05, 0) is 41.8 Å². The van der Waals surface area contributed by atoms with Gasteiger partial charge in [0.15, 0.2) is 5.52 Å². The maximum Gasteiger partial charge on any atom is 0.344 e. The van der Waals surface area contributed by atoms with E-state index in [0.717, 1.165) is 28.3 Å². The molecule has 5 aromatic rings. The van der Waals surface area contributed by atoms with Crippen LogP contribution in [0.25, 0.3) is 33.6 Å². The van der Waals surface area contributed by atoms with Crippen molar-refractivity contribution in [3.05, 3.63) is 84.2 Å². The van der Waals surface area contributed by atoms with Crippen molar-refractivity contribution in [3.8, 4) is 16.8 Å². The number of nitrogens with zero attached hydrogens (tertiary/aromatic N) is 4. The third-order valence-corrected chi connectivity index (χ3v) is 5.37. The summed E-state index contributed by atoms with van der Waals surface area (Å²) in [5, 5.41) is 0. The zero-order valence-corrected chi connectivity index (χ0v) is 15.7. The smallest absolute Gasteiger partial charge is 0.185 e. The summed E-state index contributed by atoms with van der Waals surface area (Å²) >= 11 is 0. The molecule has 0 fully saturated rings. The molecule has 3 aromatic carbocycles. The highest BCUT2D eigenvalue weighted by Crippen LogP contribution is 2.26. The van der Waals surface area contributed by atoms with Gasteiger partial charge in [0.25, 0.3) is 5.82 Å². The Hall–Kier alpha value is -3.40. The molecule has 4 nitrogen and oxygen atoms in total. The van der Waals surface area contributed by atoms with Gasteiger partial charge >= 0.3 is 5.78 Å². The monoisotopic (exact) mass is 353 g/mol. The van der Waals surface area contributed by atoms with Crippen molar-refractivity contribution in [2.75, 3.05) is 0 Å². The standard InChI is InChI=1S/C23H21N4/c1-16-13-14-19(18-9-5-4-6-10-18)15-22(16)27-23-24-20-11-7-8-12-21(20)26(23)17(2)25(27)3/h4-15H,1-3H3/q+1. The Kier molecular flexibility index (Phi) is 3.41. The predicted molar refractivity (Wildman–Crippen MR) is 108 cm³/mol. The molecule has 0 atom stereocenters. The van der Waals surface area contributed by atoms with Crippen molar-refractivity contribution < 1.29 is 4.68 Å². The van der Waals surface area contributed by atoms with Gasteiger partial charge in [-0.2, -0.15) is 14.1 Å². The molecule has 5 rings (SSSR count). The number of aryl methyl sites for hydroxylation is 2. The highest BCUT2D eigenvalue weighted by molar-refractivity contribution is 5.80. The molecule has 0 spiro atoms. The van der Waals surface area contributed by atoms with Crippen LogP contribution in [0.1, 0.15) is 11.4 Å². The molecule has 2 aromatic heterocycles. The summed E-state index contributed by atoms with van der Waals surface area (Å²) in [5.41, 5.74) is 6.94. The molecule has 0 radical (unpaired) electrons. The van der Waals surface area contributed by atoms with E-state index in [9.17, 15) is 0 Å². The summed E-state index contributed by atoms with van der Waals surface area (Å²) in [6.45, 7) is 4.28. The molecule has 0 N–H and O–H groups in total. The Labute approximate surface area is 157 Å². The first-order chi connectivity index (χ1) is 13.1. The van der Waals surface area contributed by atoms with Gasteiger partial charge < -0.3 is 0 Å².